The van der Waals surface area contributed by atoms with Crippen LogP contribution in [0, 0.1) is 0 Å². The van der Waals surface area contributed by atoms with Crippen LogP contribution in [0.4, 0.5) is 0 Å². The Hall–Kier alpha value is 0.0969. The van der Waals surface area contributed by atoms with Gasteiger partial charge in [0.1, 0.15) is 0 Å². The Morgan fingerprint density at radius 3 is 2.78 bits per heavy atom. The van der Waals surface area contributed by atoms with E-state index in [1.807, 2.05) is 0 Å². The molecule has 0 aromatic carbocycles. The summed E-state index contributed by atoms with van der Waals surface area (Å²) in [5, 5.41) is 0. The van der Waals surface area contributed by atoms with Gasteiger partial charge in [0.25, 0.3) is 0 Å². The minimum atomic E-state index is -0.106. The van der Waals surface area contributed by atoms with Crippen molar-refractivity contribution in [1.29, 1.82) is 0 Å². The molecule has 2 N–H and O–H groups in total. The maximum Gasteiger partial charge on any atom is 0.0696 e. The van der Waals surface area contributed by atoms with Crippen LogP contribution in [0.5, 0.6) is 0 Å². The van der Waals surface area contributed by atoms with Crippen molar-refractivity contribution >= 4 is 9.52 Å². The monoisotopic (exact) mass is 149 g/mol. The second kappa shape index (κ2) is 8.10. The number of hydrogen-bond donors (Lipinski definition) is 1. The zero-order valence-electron chi connectivity index (χ0n) is 5.93. The molecule has 0 atom stereocenters. The fourth-order valence-corrected chi connectivity index (χ4v) is 1.00. The van der Waals surface area contributed by atoms with E-state index in [-0.39, 0.29) is 9.52 Å². The third kappa shape index (κ3) is 8.10. The lowest BCUT2D eigenvalue weighted by atomic mass is 10.8. The molecule has 0 bridgehead atoms. The molecule has 0 aromatic heterocycles. The quantitative estimate of drug-likeness (QED) is 0.377. The van der Waals surface area contributed by atoms with Gasteiger partial charge in [-0.1, -0.05) is 0 Å². The van der Waals surface area contributed by atoms with Gasteiger partial charge in [0, 0.05) is 13.3 Å². The first-order valence-electron chi connectivity index (χ1n) is 3.18. The van der Waals surface area contributed by atoms with Gasteiger partial charge in [-0.05, 0) is 6.17 Å². The second-order valence-electron chi connectivity index (χ2n) is 1.75. The van der Waals surface area contributed by atoms with Gasteiger partial charge < -0.3 is 15.2 Å². The molecular formula is C5H15NO2Si. The van der Waals surface area contributed by atoms with Crippen LogP contribution >= 0.6 is 0 Å². The summed E-state index contributed by atoms with van der Waals surface area (Å²) in [5.41, 5.74) is 5.29. The molecule has 0 aliphatic carbocycles. The first-order chi connectivity index (χ1) is 4.41. The molecule has 0 radical (unpaired) electrons. The summed E-state index contributed by atoms with van der Waals surface area (Å²) in [4.78, 5) is 0. The minimum Gasteiger partial charge on any atom is -0.383 e. The standard InChI is InChI=1S/C5H15NO2Si/c1-7-2-3-8-5-9-4-6/h2-6,9H2,1H3. The number of rotatable bonds is 6. The molecule has 56 valence electrons. The number of hydrogen-bond acceptors (Lipinski definition) is 3. The molecule has 0 heterocycles. The van der Waals surface area contributed by atoms with Gasteiger partial charge in [-0.25, -0.2) is 0 Å². The normalized spacial score (nSPS) is 11.3. The highest BCUT2D eigenvalue weighted by Crippen LogP contribution is 1.72. The molecule has 0 fully saturated rings. The van der Waals surface area contributed by atoms with E-state index >= 15 is 0 Å². The van der Waals surface area contributed by atoms with Crippen LogP contribution in [0.2, 0.25) is 0 Å². The van der Waals surface area contributed by atoms with E-state index in [9.17, 15) is 0 Å². The SMILES string of the molecule is COCCOC[SiH2]CN. The first kappa shape index (κ1) is 9.10. The third-order valence-electron chi connectivity index (χ3n) is 0.925. The summed E-state index contributed by atoms with van der Waals surface area (Å²) < 4.78 is 9.95. The Bertz CT molecular complexity index is 48.2. The van der Waals surface area contributed by atoms with Crippen LogP contribution in [0.25, 0.3) is 0 Å². The van der Waals surface area contributed by atoms with Crippen molar-refractivity contribution in [3.05, 3.63) is 0 Å². The highest BCUT2D eigenvalue weighted by molar-refractivity contribution is 6.35. The van der Waals surface area contributed by atoms with Crippen LogP contribution in [0.3, 0.4) is 0 Å². The Kier molecular flexibility index (Phi) is 8.18. The molecular weight excluding hydrogens is 134 g/mol. The molecule has 0 spiro atoms. The van der Waals surface area contributed by atoms with Crippen LogP contribution in [0.1, 0.15) is 0 Å². The summed E-state index contributed by atoms with van der Waals surface area (Å²) in [6.45, 7) is 1.41. The van der Waals surface area contributed by atoms with Gasteiger partial charge in [0.2, 0.25) is 0 Å². The Morgan fingerprint density at radius 1 is 1.44 bits per heavy atom. The van der Waals surface area contributed by atoms with E-state index in [4.69, 9.17) is 15.2 Å². The van der Waals surface area contributed by atoms with Crippen molar-refractivity contribution < 1.29 is 9.47 Å². The number of nitrogens with two attached hydrogens (primary N) is 1. The minimum absolute atomic E-state index is 0.106. The molecule has 0 aliphatic heterocycles. The molecule has 0 amide bonds. The average Bonchev–Trinajstić information content (AvgIpc) is 1.89. The summed E-state index contributed by atoms with van der Waals surface area (Å²) in [6.07, 6.45) is 1.73. The average molecular weight is 149 g/mol. The van der Waals surface area contributed by atoms with Crippen LogP contribution in [0.15, 0.2) is 0 Å². The molecule has 4 heteroatoms. The van der Waals surface area contributed by atoms with E-state index in [0.717, 1.165) is 12.4 Å². The Labute approximate surface area is 58.3 Å². The highest BCUT2D eigenvalue weighted by atomic mass is 28.2. The summed E-state index contributed by atoms with van der Waals surface area (Å²) in [6, 6.07) is 0. The zero-order chi connectivity index (χ0) is 6.95. The smallest absolute Gasteiger partial charge is 0.0696 e. The topological polar surface area (TPSA) is 44.5 Å². The van der Waals surface area contributed by atoms with Crippen molar-refractivity contribution in [2.24, 2.45) is 5.73 Å². The predicted octanol–water partition coefficient (Wildman–Crippen LogP) is -1.31. The third-order valence-corrected chi connectivity index (χ3v) is 1.91. The molecule has 3 nitrogen and oxygen atoms in total. The van der Waals surface area contributed by atoms with E-state index in [1.165, 1.54) is 0 Å². The second-order valence-corrected chi connectivity index (χ2v) is 3.44. The van der Waals surface area contributed by atoms with E-state index in [1.54, 1.807) is 7.11 Å². The zero-order valence-corrected chi connectivity index (χ0v) is 7.34. The van der Waals surface area contributed by atoms with Crippen LogP contribution in [-0.2, 0) is 9.47 Å². The van der Waals surface area contributed by atoms with E-state index in [2.05, 4.69) is 0 Å². The number of methoxy groups -OCH3 is 1. The lowest BCUT2D eigenvalue weighted by Gasteiger charge is -1.99. The lowest BCUT2D eigenvalue weighted by molar-refractivity contribution is 0.0925. The summed E-state index contributed by atoms with van der Waals surface area (Å²) in [7, 11) is 1.56. The highest BCUT2D eigenvalue weighted by Gasteiger charge is 1.85. The van der Waals surface area contributed by atoms with E-state index < -0.39 is 0 Å². The first-order valence-corrected chi connectivity index (χ1v) is 5.18. The van der Waals surface area contributed by atoms with Gasteiger partial charge in [0.15, 0.2) is 0 Å². The Morgan fingerprint density at radius 2 is 2.22 bits per heavy atom. The number of ether oxygens (including phenoxy) is 2. The van der Waals surface area contributed by atoms with Crippen molar-refractivity contribution in [3.63, 3.8) is 0 Å². The molecule has 0 aliphatic rings. The molecule has 0 aromatic rings. The fraction of sp³-hybridized carbons (Fsp3) is 1.00. The predicted molar refractivity (Wildman–Crippen MR) is 40.3 cm³/mol. The Balaban J connectivity index is 2.60. The van der Waals surface area contributed by atoms with Crippen molar-refractivity contribution in [2.45, 2.75) is 0 Å². The largest absolute Gasteiger partial charge is 0.383 e. The van der Waals surface area contributed by atoms with Gasteiger partial charge >= 0.3 is 0 Å². The molecule has 0 saturated heterocycles. The van der Waals surface area contributed by atoms with Crippen molar-refractivity contribution in [3.8, 4) is 0 Å². The molecule has 0 rings (SSSR count). The molecule has 0 saturated carbocycles. The molecule has 0 unspecified atom stereocenters. The summed E-state index contributed by atoms with van der Waals surface area (Å²) in [5.74, 6) is 0. The van der Waals surface area contributed by atoms with Crippen molar-refractivity contribution in [1.82, 2.24) is 0 Å². The summed E-state index contributed by atoms with van der Waals surface area (Å²) >= 11 is 0. The van der Waals surface area contributed by atoms with Gasteiger partial charge in [-0.3, -0.25) is 0 Å². The van der Waals surface area contributed by atoms with E-state index in [0.29, 0.717) is 13.2 Å². The van der Waals surface area contributed by atoms with Crippen LogP contribution in [-0.4, -0.2) is 42.2 Å². The lowest BCUT2D eigenvalue weighted by Crippen LogP contribution is -2.16. The van der Waals surface area contributed by atoms with Crippen LogP contribution < -0.4 is 5.73 Å². The van der Waals surface area contributed by atoms with Gasteiger partial charge in [-0.15, -0.1) is 0 Å². The maximum atomic E-state index is 5.29. The van der Waals surface area contributed by atoms with Gasteiger partial charge in [0.05, 0.1) is 22.7 Å². The van der Waals surface area contributed by atoms with Crippen molar-refractivity contribution in [2.75, 3.05) is 32.7 Å². The molecule has 9 heavy (non-hydrogen) atoms. The maximum absolute atomic E-state index is 5.29. The van der Waals surface area contributed by atoms with Gasteiger partial charge in [-0.2, -0.15) is 0 Å². The fourth-order valence-electron chi connectivity index (χ4n) is 0.430.